The van der Waals surface area contributed by atoms with Crippen LogP contribution in [-0.2, 0) is 16.0 Å². The van der Waals surface area contributed by atoms with Gasteiger partial charge in [0.2, 0.25) is 5.91 Å². The number of nitrogens with zero attached hydrogens (tertiary/aromatic N) is 6. The minimum absolute atomic E-state index is 0.121. The second-order valence-corrected chi connectivity index (χ2v) is 12.7. The molecule has 1 unspecified atom stereocenters. The van der Waals surface area contributed by atoms with Crippen molar-refractivity contribution in [2.45, 2.75) is 62.7 Å². The summed E-state index contributed by atoms with van der Waals surface area (Å²) < 4.78 is 30.9. The Bertz CT molecular complexity index is 1650. The standard InChI is InChI=1S/C30H29F2N7OS/c1-29(2)19-11-12-30(29,28-18(19)13-22(36-37-28)27-20(31)5-3-6-21(27)32)23-7-4-8-25(35-23)39-16-33-24(38-39)15-41-14-17-9-10-26(40)34-17/h3-8,13,16-17,19H,9-12,14-15H2,1-2H3,(H,34,40)/t17?,19-,30+/m0/s1. The van der Waals surface area contributed by atoms with E-state index >= 15 is 0 Å². The Morgan fingerprint density at radius 3 is 2.68 bits per heavy atom. The fourth-order valence-electron chi connectivity index (χ4n) is 7.11. The van der Waals surface area contributed by atoms with Crippen molar-refractivity contribution in [2.24, 2.45) is 5.41 Å². The molecule has 1 N–H and O–H groups in total. The molecule has 0 radical (unpaired) electrons. The smallest absolute Gasteiger partial charge is 0.220 e. The van der Waals surface area contributed by atoms with E-state index in [0.29, 0.717) is 23.8 Å². The normalized spacial score (nSPS) is 24.0. The van der Waals surface area contributed by atoms with Gasteiger partial charge in [-0.05, 0) is 66.5 Å². The summed E-state index contributed by atoms with van der Waals surface area (Å²) in [7, 11) is 0. The second-order valence-electron chi connectivity index (χ2n) is 11.7. The number of carbonyl (C=O) groups is 1. The summed E-state index contributed by atoms with van der Waals surface area (Å²) in [6.07, 6.45) is 4.92. The first kappa shape index (κ1) is 26.2. The van der Waals surface area contributed by atoms with Crippen LogP contribution < -0.4 is 5.32 Å². The van der Waals surface area contributed by atoms with Crippen LogP contribution in [0.15, 0.2) is 48.8 Å². The first-order chi connectivity index (χ1) is 19.8. The summed E-state index contributed by atoms with van der Waals surface area (Å²) in [5, 5.41) is 16.6. The molecular formula is C30H29F2N7OS. The topological polar surface area (TPSA) is 98.5 Å². The van der Waals surface area contributed by atoms with Gasteiger partial charge < -0.3 is 5.32 Å². The summed E-state index contributed by atoms with van der Waals surface area (Å²) >= 11 is 1.70. The number of aromatic nitrogens is 6. The predicted octanol–water partition coefficient (Wildman–Crippen LogP) is 5.11. The van der Waals surface area contributed by atoms with Gasteiger partial charge in [0.15, 0.2) is 11.6 Å². The Balaban J connectivity index is 1.19. The van der Waals surface area contributed by atoms with Crippen molar-refractivity contribution in [1.82, 2.24) is 35.3 Å². The van der Waals surface area contributed by atoms with Gasteiger partial charge in [-0.15, -0.1) is 10.2 Å². The maximum absolute atomic E-state index is 14.6. The van der Waals surface area contributed by atoms with E-state index in [-0.39, 0.29) is 34.5 Å². The van der Waals surface area contributed by atoms with Gasteiger partial charge >= 0.3 is 0 Å². The molecule has 4 heterocycles. The molecule has 3 aliphatic rings. The Kier molecular flexibility index (Phi) is 6.18. The molecule has 11 heteroatoms. The van der Waals surface area contributed by atoms with Crippen molar-refractivity contribution in [3.8, 4) is 17.1 Å². The van der Waals surface area contributed by atoms with E-state index in [9.17, 15) is 13.6 Å². The second kappa shape index (κ2) is 9.68. The number of thioether (sulfide) groups is 1. The lowest BCUT2D eigenvalue weighted by atomic mass is 9.66. The molecule has 1 aromatic carbocycles. The first-order valence-electron chi connectivity index (χ1n) is 13.9. The van der Waals surface area contributed by atoms with E-state index in [1.807, 2.05) is 24.3 Å². The molecule has 8 nitrogen and oxygen atoms in total. The number of benzene rings is 1. The molecule has 1 saturated carbocycles. The van der Waals surface area contributed by atoms with Gasteiger partial charge in [-0.1, -0.05) is 26.0 Å². The predicted molar refractivity (Wildman–Crippen MR) is 150 cm³/mol. The molecule has 3 aromatic heterocycles. The van der Waals surface area contributed by atoms with Crippen LogP contribution >= 0.6 is 11.8 Å². The molecule has 1 saturated heterocycles. The molecule has 0 spiro atoms. The number of nitrogens with one attached hydrogen (secondary N) is 1. The minimum atomic E-state index is -0.651. The lowest BCUT2D eigenvalue weighted by molar-refractivity contribution is -0.119. The van der Waals surface area contributed by atoms with Crippen molar-refractivity contribution < 1.29 is 13.6 Å². The number of hydrogen-bond acceptors (Lipinski definition) is 7. The minimum Gasteiger partial charge on any atom is -0.353 e. The van der Waals surface area contributed by atoms with Gasteiger partial charge in [0.1, 0.15) is 18.0 Å². The zero-order valence-electron chi connectivity index (χ0n) is 22.8. The molecule has 2 fully saturated rings. The van der Waals surface area contributed by atoms with Gasteiger partial charge in [-0.25, -0.2) is 23.4 Å². The van der Waals surface area contributed by atoms with Crippen LogP contribution in [0.5, 0.6) is 0 Å². The lowest BCUT2D eigenvalue weighted by Crippen LogP contribution is -2.38. The monoisotopic (exact) mass is 573 g/mol. The average molecular weight is 574 g/mol. The molecule has 1 amide bonds. The number of fused-ring (bicyclic) bond motifs is 5. The highest BCUT2D eigenvalue weighted by Crippen LogP contribution is 2.69. The van der Waals surface area contributed by atoms with Crippen molar-refractivity contribution in [3.63, 3.8) is 0 Å². The van der Waals surface area contributed by atoms with Crippen molar-refractivity contribution >= 4 is 17.7 Å². The average Bonchev–Trinajstić information content (AvgIpc) is 3.70. The van der Waals surface area contributed by atoms with Crippen LogP contribution in [0.2, 0.25) is 0 Å². The highest BCUT2D eigenvalue weighted by atomic mass is 32.2. The van der Waals surface area contributed by atoms with E-state index in [1.165, 1.54) is 18.2 Å². The van der Waals surface area contributed by atoms with Crippen LogP contribution in [0, 0.1) is 17.0 Å². The molecule has 2 aliphatic carbocycles. The van der Waals surface area contributed by atoms with E-state index < -0.39 is 17.0 Å². The zero-order chi connectivity index (χ0) is 28.4. The fraction of sp³-hybridized carbons (Fsp3) is 0.400. The van der Waals surface area contributed by atoms with Crippen molar-refractivity contribution in [3.05, 3.63) is 83.2 Å². The maximum atomic E-state index is 14.6. The molecule has 2 bridgehead atoms. The summed E-state index contributed by atoms with van der Waals surface area (Å²) in [6.45, 7) is 4.45. The number of rotatable bonds is 7. The fourth-order valence-corrected chi connectivity index (χ4v) is 8.08. The molecule has 1 aliphatic heterocycles. The van der Waals surface area contributed by atoms with Crippen LogP contribution in [0.4, 0.5) is 8.78 Å². The van der Waals surface area contributed by atoms with Crippen LogP contribution in [-0.4, -0.2) is 47.6 Å². The van der Waals surface area contributed by atoms with E-state index in [2.05, 4.69) is 39.4 Å². The van der Waals surface area contributed by atoms with Gasteiger partial charge in [-0.2, -0.15) is 16.9 Å². The number of amides is 1. The van der Waals surface area contributed by atoms with Crippen molar-refractivity contribution in [1.29, 1.82) is 0 Å². The maximum Gasteiger partial charge on any atom is 0.220 e. The third-order valence-electron chi connectivity index (χ3n) is 9.18. The van der Waals surface area contributed by atoms with E-state index in [0.717, 1.165) is 42.0 Å². The quantitative estimate of drug-likeness (QED) is 0.328. The summed E-state index contributed by atoms with van der Waals surface area (Å²) in [5.74, 6) is 1.82. The molecule has 3 atom stereocenters. The third kappa shape index (κ3) is 4.07. The van der Waals surface area contributed by atoms with E-state index in [1.54, 1.807) is 22.8 Å². The summed E-state index contributed by atoms with van der Waals surface area (Å²) in [5.41, 5.74) is 2.03. The largest absolute Gasteiger partial charge is 0.353 e. The first-order valence-corrected chi connectivity index (χ1v) is 15.0. The van der Waals surface area contributed by atoms with Crippen molar-refractivity contribution in [2.75, 3.05) is 5.75 Å². The summed E-state index contributed by atoms with van der Waals surface area (Å²) in [6, 6.07) is 11.8. The zero-order valence-corrected chi connectivity index (χ0v) is 23.6. The van der Waals surface area contributed by atoms with Crippen LogP contribution in [0.25, 0.3) is 17.1 Å². The molecule has 4 aromatic rings. The molecular weight excluding hydrogens is 544 g/mol. The number of carbonyl (C=O) groups excluding carboxylic acids is 1. The Morgan fingerprint density at radius 2 is 1.90 bits per heavy atom. The van der Waals surface area contributed by atoms with Crippen LogP contribution in [0.3, 0.4) is 0 Å². The summed E-state index contributed by atoms with van der Waals surface area (Å²) in [4.78, 5) is 21.0. The van der Waals surface area contributed by atoms with Crippen LogP contribution in [0.1, 0.15) is 68.2 Å². The third-order valence-corrected chi connectivity index (χ3v) is 10.3. The Labute approximate surface area is 240 Å². The number of pyridine rings is 1. The molecule has 41 heavy (non-hydrogen) atoms. The molecule has 7 rings (SSSR count). The van der Waals surface area contributed by atoms with Gasteiger partial charge in [-0.3, -0.25) is 4.79 Å². The Hall–Kier alpha value is -3.73. The SMILES string of the molecule is CC1(C)[C@H]2CC[C@@]1(c1cccc(-n3cnc(CSCC4CCC(=O)N4)n3)n1)c1nnc(-c3c(F)cccc3F)cc12. The number of halogens is 2. The molecule has 210 valence electrons. The highest BCUT2D eigenvalue weighted by Gasteiger charge is 2.65. The Morgan fingerprint density at radius 1 is 1.10 bits per heavy atom. The van der Waals surface area contributed by atoms with Gasteiger partial charge in [0.05, 0.1) is 33.8 Å². The lowest BCUT2D eigenvalue weighted by Gasteiger charge is -2.37. The highest BCUT2D eigenvalue weighted by molar-refractivity contribution is 7.98. The van der Waals surface area contributed by atoms with E-state index in [4.69, 9.17) is 4.98 Å². The number of hydrogen-bond donors (Lipinski definition) is 1. The van der Waals surface area contributed by atoms with Gasteiger partial charge in [0.25, 0.3) is 0 Å². The van der Waals surface area contributed by atoms with Gasteiger partial charge in [0, 0.05) is 18.2 Å².